The van der Waals surface area contributed by atoms with E-state index in [-0.39, 0.29) is 0 Å². The Labute approximate surface area is 120 Å². The lowest BCUT2D eigenvalue weighted by molar-refractivity contribution is 0.301. The Balaban J connectivity index is 1.70. The van der Waals surface area contributed by atoms with E-state index in [9.17, 15) is 0 Å². The number of imidazole rings is 1. The summed E-state index contributed by atoms with van der Waals surface area (Å²) < 4.78 is 7.85. The number of benzene rings is 1. The smallest absolute Gasteiger partial charge is 0.119 e. The van der Waals surface area contributed by atoms with Gasteiger partial charge >= 0.3 is 0 Å². The van der Waals surface area contributed by atoms with Crippen LogP contribution in [0.5, 0.6) is 5.75 Å². The minimum Gasteiger partial charge on any atom is -0.494 e. The molecule has 0 aliphatic heterocycles. The van der Waals surface area contributed by atoms with Crippen molar-refractivity contribution in [2.45, 2.75) is 32.9 Å². The number of ether oxygens (including phenoxy) is 1. The van der Waals surface area contributed by atoms with Crippen LogP contribution in [0.2, 0.25) is 0 Å². The lowest BCUT2D eigenvalue weighted by Gasteiger charge is -2.09. The van der Waals surface area contributed by atoms with Gasteiger partial charge in [0.1, 0.15) is 5.75 Å². The molecule has 0 amide bonds. The van der Waals surface area contributed by atoms with E-state index in [1.54, 1.807) is 6.20 Å². The van der Waals surface area contributed by atoms with E-state index in [1.165, 1.54) is 5.56 Å². The summed E-state index contributed by atoms with van der Waals surface area (Å²) in [4.78, 5) is 4.02. The maximum absolute atomic E-state index is 5.79. The van der Waals surface area contributed by atoms with E-state index in [1.807, 2.05) is 24.7 Å². The van der Waals surface area contributed by atoms with Gasteiger partial charge in [-0.25, -0.2) is 4.98 Å². The second kappa shape index (κ2) is 8.38. The number of aromatic nitrogens is 2. The Morgan fingerprint density at radius 1 is 1.35 bits per heavy atom. The highest BCUT2D eigenvalue weighted by atomic mass is 16.5. The number of hydrogen-bond donors (Lipinski definition) is 1. The van der Waals surface area contributed by atoms with Crippen LogP contribution in [0, 0.1) is 0 Å². The van der Waals surface area contributed by atoms with Gasteiger partial charge in [0.15, 0.2) is 0 Å². The van der Waals surface area contributed by atoms with Crippen molar-refractivity contribution in [2.24, 2.45) is 0 Å². The predicted molar refractivity (Wildman–Crippen MR) is 80.8 cm³/mol. The molecule has 4 heteroatoms. The van der Waals surface area contributed by atoms with Gasteiger partial charge in [0.05, 0.1) is 12.9 Å². The van der Waals surface area contributed by atoms with Gasteiger partial charge in [0.2, 0.25) is 0 Å². The molecule has 0 saturated heterocycles. The Morgan fingerprint density at radius 3 is 3.10 bits per heavy atom. The van der Waals surface area contributed by atoms with Crippen LogP contribution in [-0.4, -0.2) is 22.7 Å². The predicted octanol–water partition coefficient (Wildman–Crippen LogP) is 2.85. The summed E-state index contributed by atoms with van der Waals surface area (Å²) >= 11 is 0. The van der Waals surface area contributed by atoms with Crippen LogP contribution in [0.1, 0.15) is 25.3 Å². The van der Waals surface area contributed by atoms with Gasteiger partial charge in [0.25, 0.3) is 0 Å². The zero-order valence-corrected chi connectivity index (χ0v) is 12.1. The van der Waals surface area contributed by atoms with Gasteiger partial charge in [0, 0.05) is 25.5 Å². The average Bonchev–Trinajstić information content (AvgIpc) is 2.98. The van der Waals surface area contributed by atoms with E-state index in [0.29, 0.717) is 0 Å². The van der Waals surface area contributed by atoms with Crippen molar-refractivity contribution >= 4 is 0 Å². The summed E-state index contributed by atoms with van der Waals surface area (Å²) in [5.41, 5.74) is 1.27. The van der Waals surface area contributed by atoms with Crippen molar-refractivity contribution in [2.75, 3.05) is 13.2 Å². The van der Waals surface area contributed by atoms with Gasteiger partial charge in [-0.1, -0.05) is 19.1 Å². The van der Waals surface area contributed by atoms with Crippen molar-refractivity contribution in [1.82, 2.24) is 14.9 Å². The van der Waals surface area contributed by atoms with Crippen LogP contribution in [-0.2, 0) is 13.1 Å². The molecule has 0 aliphatic rings. The molecule has 1 aromatic carbocycles. The molecule has 4 nitrogen and oxygen atoms in total. The molecule has 0 atom stereocenters. The molecule has 20 heavy (non-hydrogen) atoms. The van der Waals surface area contributed by atoms with Crippen molar-refractivity contribution < 1.29 is 4.74 Å². The topological polar surface area (TPSA) is 39.1 Å². The number of rotatable bonds is 9. The summed E-state index contributed by atoms with van der Waals surface area (Å²) in [6, 6.07) is 8.30. The van der Waals surface area contributed by atoms with Gasteiger partial charge in [-0.2, -0.15) is 0 Å². The lowest BCUT2D eigenvalue weighted by Crippen LogP contribution is -2.13. The number of hydrogen-bond acceptors (Lipinski definition) is 3. The summed E-state index contributed by atoms with van der Waals surface area (Å²) in [7, 11) is 0. The molecule has 108 valence electrons. The third kappa shape index (κ3) is 5.05. The first-order chi connectivity index (χ1) is 9.88. The SMILES string of the molecule is CCCNCc1cccc(OCCCn2ccnc2)c1. The Kier molecular flexibility index (Phi) is 6.11. The van der Waals surface area contributed by atoms with Crippen LogP contribution in [0.15, 0.2) is 43.0 Å². The highest BCUT2D eigenvalue weighted by Crippen LogP contribution is 2.13. The number of aryl methyl sites for hydroxylation is 1. The Morgan fingerprint density at radius 2 is 2.30 bits per heavy atom. The molecular weight excluding hydrogens is 250 g/mol. The van der Waals surface area contributed by atoms with Crippen LogP contribution < -0.4 is 10.1 Å². The maximum Gasteiger partial charge on any atom is 0.119 e. The minimum atomic E-state index is 0.726. The standard InChI is InChI=1S/C16H23N3O/c1-2-7-17-13-15-5-3-6-16(12-15)20-11-4-9-19-10-8-18-14-19/h3,5-6,8,10,12,14,17H,2,4,7,9,11,13H2,1H3. The van der Waals surface area contributed by atoms with Crippen LogP contribution in [0.25, 0.3) is 0 Å². The van der Waals surface area contributed by atoms with Crippen molar-refractivity contribution in [3.63, 3.8) is 0 Å². The van der Waals surface area contributed by atoms with E-state index in [4.69, 9.17) is 4.74 Å². The van der Waals surface area contributed by atoms with Crippen molar-refractivity contribution in [1.29, 1.82) is 0 Å². The summed E-state index contributed by atoms with van der Waals surface area (Å²) in [5, 5.41) is 3.40. The molecule has 0 saturated carbocycles. The van der Waals surface area contributed by atoms with Crippen molar-refractivity contribution in [3.8, 4) is 5.75 Å². The van der Waals surface area contributed by atoms with Gasteiger partial charge in [-0.15, -0.1) is 0 Å². The van der Waals surface area contributed by atoms with Gasteiger partial charge < -0.3 is 14.6 Å². The molecule has 0 radical (unpaired) electrons. The average molecular weight is 273 g/mol. The molecule has 1 aromatic heterocycles. The van der Waals surface area contributed by atoms with E-state index in [0.717, 1.165) is 44.8 Å². The third-order valence-electron chi connectivity index (χ3n) is 3.04. The van der Waals surface area contributed by atoms with E-state index < -0.39 is 0 Å². The summed E-state index contributed by atoms with van der Waals surface area (Å²) in [6.45, 7) is 5.80. The van der Waals surface area contributed by atoms with E-state index >= 15 is 0 Å². The molecule has 0 unspecified atom stereocenters. The monoisotopic (exact) mass is 273 g/mol. The lowest BCUT2D eigenvalue weighted by atomic mass is 10.2. The second-order valence-electron chi connectivity index (χ2n) is 4.83. The largest absolute Gasteiger partial charge is 0.494 e. The normalized spacial score (nSPS) is 10.7. The molecular formula is C16H23N3O. The molecule has 2 aromatic rings. The van der Waals surface area contributed by atoms with E-state index in [2.05, 4.69) is 33.9 Å². The van der Waals surface area contributed by atoms with Crippen molar-refractivity contribution in [3.05, 3.63) is 48.5 Å². The first-order valence-corrected chi connectivity index (χ1v) is 7.26. The highest BCUT2D eigenvalue weighted by molar-refractivity contribution is 5.28. The molecule has 0 bridgehead atoms. The molecule has 0 fully saturated rings. The van der Waals surface area contributed by atoms with Crippen LogP contribution in [0.3, 0.4) is 0 Å². The third-order valence-corrected chi connectivity index (χ3v) is 3.04. The fourth-order valence-corrected chi connectivity index (χ4v) is 2.01. The summed E-state index contributed by atoms with van der Waals surface area (Å²) in [5.74, 6) is 0.950. The zero-order chi connectivity index (χ0) is 14.0. The van der Waals surface area contributed by atoms with Gasteiger partial charge in [-0.05, 0) is 37.1 Å². The van der Waals surface area contributed by atoms with Gasteiger partial charge in [-0.3, -0.25) is 0 Å². The molecule has 2 rings (SSSR count). The number of nitrogens with zero attached hydrogens (tertiary/aromatic N) is 2. The second-order valence-corrected chi connectivity index (χ2v) is 4.83. The quantitative estimate of drug-likeness (QED) is 0.714. The van der Waals surface area contributed by atoms with Crippen LogP contribution >= 0.6 is 0 Å². The fraction of sp³-hybridized carbons (Fsp3) is 0.438. The summed E-state index contributed by atoms with van der Waals surface area (Å²) in [6.07, 6.45) is 7.74. The Hall–Kier alpha value is -1.81. The highest BCUT2D eigenvalue weighted by Gasteiger charge is 1.97. The molecule has 1 N–H and O–H groups in total. The first-order valence-electron chi connectivity index (χ1n) is 7.26. The zero-order valence-electron chi connectivity index (χ0n) is 12.1. The maximum atomic E-state index is 5.79. The van der Waals surface area contributed by atoms with Crippen LogP contribution in [0.4, 0.5) is 0 Å². The molecule has 0 spiro atoms. The minimum absolute atomic E-state index is 0.726. The molecule has 1 heterocycles. The number of nitrogens with one attached hydrogen (secondary N) is 1. The molecule has 0 aliphatic carbocycles. The fourth-order valence-electron chi connectivity index (χ4n) is 2.01. The first kappa shape index (κ1) is 14.6. The Bertz CT molecular complexity index is 482.